The van der Waals surface area contributed by atoms with Gasteiger partial charge >= 0.3 is 6.18 Å². The molecule has 1 fully saturated rings. The van der Waals surface area contributed by atoms with Gasteiger partial charge in [-0.25, -0.2) is 0 Å². The summed E-state index contributed by atoms with van der Waals surface area (Å²) in [5, 5.41) is 9.56. The SMILES string of the molecule is OC(CCC(F)(F)F)CC1CCCCCC1. The molecule has 1 saturated carbocycles. The van der Waals surface area contributed by atoms with Crippen LogP contribution >= 0.6 is 0 Å². The second-order valence-electron chi connectivity index (χ2n) is 4.90. The predicted octanol–water partition coefficient (Wildman–Crippen LogP) is 4.05. The Balaban J connectivity index is 2.19. The summed E-state index contributed by atoms with van der Waals surface area (Å²) in [7, 11) is 0. The first-order chi connectivity index (χ1) is 7.47. The molecule has 1 aliphatic carbocycles. The van der Waals surface area contributed by atoms with Gasteiger partial charge in [-0.15, -0.1) is 0 Å². The van der Waals surface area contributed by atoms with Gasteiger partial charge in [0.1, 0.15) is 0 Å². The van der Waals surface area contributed by atoms with Crippen LogP contribution < -0.4 is 0 Å². The molecule has 1 N–H and O–H groups in total. The summed E-state index contributed by atoms with van der Waals surface area (Å²) in [4.78, 5) is 0. The first kappa shape index (κ1) is 13.8. The smallest absolute Gasteiger partial charge is 0.389 e. The maximum Gasteiger partial charge on any atom is 0.389 e. The second-order valence-corrected chi connectivity index (χ2v) is 4.90. The molecule has 16 heavy (non-hydrogen) atoms. The van der Waals surface area contributed by atoms with Gasteiger partial charge in [0.25, 0.3) is 0 Å². The minimum absolute atomic E-state index is 0.139. The normalized spacial score (nSPS) is 21.8. The van der Waals surface area contributed by atoms with Crippen molar-refractivity contribution in [1.29, 1.82) is 0 Å². The highest BCUT2D eigenvalue weighted by Gasteiger charge is 2.28. The Morgan fingerprint density at radius 3 is 2.12 bits per heavy atom. The van der Waals surface area contributed by atoms with E-state index >= 15 is 0 Å². The van der Waals surface area contributed by atoms with Crippen LogP contribution in [0, 0.1) is 5.92 Å². The third kappa shape index (κ3) is 6.36. The van der Waals surface area contributed by atoms with Crippen molar-refractivity contribution in [3.63, 3.8) is 0 Å². The van der Waals surface area contributed by atoms with E-state index in [1.165, 1.54) is 12.8 Å². The third-order valence-corrected chi connectivity index (χ3v) is 3.34. The van der Waals surface area contributed by atoms with Gasteiger partial charge in [0.05, 0.1) is 6.10 Å². The Labute approximate surface area is 95.0 Å². The van der Waals surface area contributed by atoms with E-state index in [4.69, 9.17) is 0 Å². The van der Waals surface area contributed by atoms with E-state index in [9.17, 15) is 18.3 Å². The van der Waals surface area contributed by atoms with E-state index in [-0.39, 0.29) is 6.42 Å². The Bertz CT molecular complexity index is 183. The standard InChI is InChI=1S/C12H21F3O/c13-12(14,15)8-7-11(16)9-10-5-3-1-2-4-6-10/h10-11,16H,1-9H2. The quantitative estimate of drug-likeness (QED) is 0.732. The topological polar surface area (TPSA) is 20.2 Å². The third-order valence-electron chi connectivity index (χ3n) is 3.34. The monoisotopic (exact) mass is 238 g/mol. The van der Waals surface area contributed by atoms with Crippen LogP contribution in [-0.2, 0) is 0 Å². The fourth-order valence-corrected chi connectivity index (χ4v) is 2.43. The van der Waals surface area contributed by atoms with E-state index < -0.39 is 18.7 Å². The van der Waals surface area contributed by atoms with Crippen LogP contribution in [0.3, 0.4) is 0 Å². The molecule has 0 saturated heterocycles. The molecule has 96 valence electrons. The number of hydrogen-bond donors (Lipinski definition) is 1. The first-order valence-corrected chi connectivity index (χ1v) is 6.22. The van der Waals surface area contributed by atoms with Gasteiger partial charge in [0.15, 0.2) is 0 Å². The zero-order valence-corrected chi connectivity index (χ0v) is 9.60. The lowest BCUT2D eigenvalue weighted by atomic mass is 9.92. The predicted molar refractivity (Wildman–Crippen MR) is 57.1 cm³/mol. The summed E-state index contributed by atoms with van der Waals surface area (Å²) in [6, 6.07) is 0. The highest BCUT2D eigenvalue weighted by atomic mass is 19.4. The molecule has 0 radical (unpaired) electrons. The molecule has 1 nitrogen and oxygen atoms in total. The van der Waals surface area contributed by atoms with Crippen LogP contribution in [0.25, 0.3) is 0 Å². The van der Waals surface area contributed by atoms with Gasteiger partial charge < -0.3 is 5.11 Å². The van der Waals surface area contributed by atoms with Gasteiger partial charge in [-0.05, 0) is 18.8 Å². The minimum Gasteiger partial charge on any atom is -0.393 e. The van der Waals surface area contributed by atoms with Crippen molar-refractivity contribution < 1.29 is 18.3 Å². The van der Waals surface area contributed by atoms with Crippen molar-refractivity contribution in [1.82, 2.24) is 0 Å². The summed E-state index contributed by atoms with van der Waals surface area (Å²) >= 11 is 0. The summed E-state index contributed by atoms with van der Waals surface area (Å²) in [6.45, 7) is 0. The summed E-state index contributed by atoms with van der Waals surface area (Å²) in [5.41, 5.74) is 0. The molecule has 0 aromatic carbocycles. The molecule has 1 unspecified atom stereocenters. The van der Waals surface area contributed by atoms with Gasteiger partial charge in [0, 0.05) is 6.42 Å². The number of hydrogen-bond acceptors (Lipinski definition) is 1. The van der Waals surface area contributed by atoms with E-state index in [1.807, 2.05) is 0 Å². The molecular formula is C12H21F3O. The molecular weight excluding hydrogens is 217 g/mol. The molecule has 1 aliphatic rings. The lowest BCUT2D eigenvalue weighted by Crippen LogP contribution is -2.17. The van der Waals surface area contributed by atoms with Crippen molar-refractivity contribution >= 4 is 0 Å². The minimum atomic E-state index is -4.13. The molecule has 0 spiro atoms. The highest BCUT2D eigenvalue weighted by molar-refractivity contribution is 4.69. The van der Waals surface area contributed by atoms with Gasteiger partial charge in [-0.2, -0.15) is 13.2 Å². The molecule has 0 heterocycles. The van der Waals surface area contributed by atoms with Crippen molar-refractivity contribution in [3.05, 3.63) is 0 Å². The van der Waals surface area contributed by atoms with E-state index in [1.54, 1.807) is 0 Å². The lowest BCUT2D eigenvalue weighted by Gasteiger charge is -2.18. The van der Waals surface area contributed by atoms with Crippen LogP contribution in [0.2, 0.25) is 0 Å². The number of aliphatic hydroxyl groups excluding tert-OH is 1. The Morgan fingerprint density at radius 2 is 1.62 bits per heavy atom. The fourth-order valence-electron chi connectivity index (χ4n) is 2.43. The molecule has 1 atom stereocenters. The number of alkyl halides is 3. The van der Waals surface area contributed by atoms with Crippen LogP contribution in [0.4, 0.5) is 13.2 Å². The maximum atomic E-state index is 11.9. The number of aliphatic hydroxyl groups is 1. The highest BCUT2D eigenvalue weighted by Crippen LogP contribution is 2.29. The number of rotatable bonds is 4. The Hall–Kier alpha value is -0.250. The van der Waals surface area contributed by atoms with Crippen LogP contribution in [0.5, 0.6) is 0 Å². The zero-order chi connectivity index (χ0) is 12.0. The molecule has 1 rings (SSSR count). The van der Waals surface area contributed by atoms with Crippen molar-refractivity contribution in [2.45, 2.75) is 70.1 Å². The molecule has 0 amide bonds. The summed E-state index contributed by atoms with van der Waals surface area (Å²) in [5.74, 6) is 0.436. The van der Waals surface area contributed by atoms with Crippen LogP contribution in [-0.4, -0.2) is 17.4 Å². The largest absolute Gasteiger partial charge is 0.393 e. The van der Waals surface area contributed by atoms with E-state index in [0.29, 0.717) is 12.3 Å². The summed E-state index contributed by atoms with van der Waals surface area (Å²) < 4.78 is 35.8. The average Bonchev–Trinajstić information content (AvgIpc) is 2.42. The maximum absolute atomic E-state index is 11.9. The van der Waals surface area contributed by atoms with E-state index in [0.717, 1.165) is 25.7 Å². The van der Waals surface area contributed by atoms with Crippen molar-refractivity contribution in [3.8, 4) is 0 Å². The van der Waals surface area contributed by atoms with Crippen molar-refractivity contribution in [2.24, 2.45) is 5.92 Å². The molecule has 0 bridgehead atoms. The Kier molecular flexibility index (Phi) is 5.59. The molecule has 0 aromatic heterocycles. The fraction of sp³-hybridized carbons (Fsp3) is 1.00. The lowest BCUT2D eigenvalue weighted by molar-refractivity contribution is -0.140. The number of halogens is 3. The van der Waals surface area contributed by atoms with Crippen LogP contribution in [0.1, 0.15) is 57.8 Å². The summed E-state index contributed by atoms with van der Waals surface area (Å²) in [6.07, 6.45) is 1.58. The van der Waals surface area contributed by atoms with Crippen molar-refractivity contribution in [2.75, 3.05) is 0 Å². The van der Waals surface area contributed by atoms with Gasteiger partial charge in [-0.3, -0.25) is 0 Å². The van der Waals surface area contributed by atoms with E-state index in [2.05, 4.69) is 0 Å². The zero-order valence-electron chi connectivity index (χ0n) is 9.60. The molecule has 0 aliphatic heterocycles. The van der Waals surface area contributed by atoms with Gasteiger partial charge in [0.2, 0.25) is 0 Å². The molecule has 0 aromatic rings. The molecule has 4 heteroatoms. The average molecular weight is 238 g/mol. The second kappa shape index (κ2) is 6.48. The van der Waals surface area contributed by atoms with Crippen LogP contribution in [0.15, 0.2) is 0 Å². The first-order valence-electron chi connectivity index (χ1n) is 6.22. The van der Waals surface area contributed by atoms with Gasteiger partial charge in [-0.1, -0.05) is 38.5 Å². The Morgan fingerprint density at radius 1 is 1.06 bits per heavy atom.